The van der Waals surface area contributed by atoms with Crippen LogP contribution < -0.4 is 5.32 Å². The molecule has 1 aromatic rings. The van der Waals surface area contributed by atoms with Gasteiger partial charge < -0.3 is 15.2 Å². The normalized spacial score (nSPS) is 29.8. The number of aliphatic hydroxyl groups is 1. The van der Waals surface area contributed by atoms with Crippen molar-refractivity contribution in [2.75, 3.05) is 13.2 Å². The molecule has 0 radical (unpaired) electrons. The van der Waals surface area contributed by atoms with Gasteiger partial charge in [-0.1, -0.05) is 0 Å². The summed E-state index contributed by atoms with van der Waals surface area (Å²) in [4.78, 5) is 12.0. The number of ether oxygens (including phenoxy) is 1. The number of hydrogen-bond donors (Lipinski definition) is 3. The Hall–Kier alpha value is -1.40. The van der Waals surface area contributed by atoms with Crippen LogP contribution in [-0.2, 0) is 4.74 Å². The van der Waals surface area contributed by atoms with E-state index in [0.717, 1.165) is 12.8 Å². The molecule has 0 unspecified atom stereocenters. The molecule has 98 valence electrons. The van der Waals surface area contributed by atoms with Crippen molar-refractivity contribution in [1.82, 2.24) is 15.5 Å². The molecule has 0 bridgehead atoms. The number of rotatable bonds is 2. The first-order valence-corrected chi connectivity index (χ1v) is 6.28. The molecule has 2 heterocycles. The SMILES string of the molecule is O=C(N[C@@H]1C[C@@H](O)C12CCOCC2)c1cn[nH]c1. The van der Waals surface area contributed by atoms with Gasteiger partial charge in [0.15, 0.2) is 0 Å². The van der Waals surface area contributed by atoms with Gasteiger partial charge in [-0.3, -0.25) is 9.89 Å². The highest BCUT2D eigenvalue weighted by atomic mass is 16.5. The minimum Gasteiger partial charge on any atom is -0.392 e. The zero-order valence-corrected chi connectivity index (χ0v) is 10.1. The summed E-state index contributed by atoms with van der Waals surface area (Å²) in [5, 5.41) is 19.4. The third kappa shape index (κ3) is 1.72. The standard InChI is InChI=1S/C12H17N3O3/c16-10-5-9(12(10)1-3-18-4-2-12)15-11(17)8-6-13-14-7-8/h6-7,9-10,16H,1-5H2,(H,13,14)(H,15,17)/t9-,10-/m1/s1. The van der Waals surface area contributed by atoms with E-state index < -0.39 is 0 Å². The Labute approximate surface area is 105 Å². The molecule has 3 N–H and O–H groups in total. The van der Waals surface area contributed by atoms with Crippen LogP contribution in [0.15, 0.2) is 12.4 Å². The van der Waals surface area contributed by atoms with Gasteiger partial charge in [-0.05, 0) is 19.3 Å². The summed E-state index contributed by atoms with van der Waals surface area (Å²) < 4.78 is 5.34. The zero-order valence-electron chi connectivity index (χ0n) is 10.1. The molecule has 1 saturated heterocycles. The number of nitrogens with one attached hydrogen (secondary N) is 2. The molecule has 6 heteroatoms. The van der Waals surface area contributed by atoms with Gasteiger partial charge in [0.1, 0.15) is 0 Å². The van der Waals surface area contributed by atoms with Crippen molar-refractivity contribution in [2.24, 2.45) is 5.41 Å². The Morgan fingerprint density at radius 1 is 1.56 bits per heavy atom. The lowest BCUT2D eigenvalue weighted by Gasteiger charge is -2.55. The van der Waals surface area contributed by atoms with E-state index in [2.05, 4.69) is 15.5 Å². The molecule has 2 fully saturated rings. The maximum Gasteiger partial charge on any atom is 0.254 e. The van der Waals surface area contributed by atoms with Crippen molar-refractivity contribution in [1.29, 1.82) is 0 Å². The highest BCUT2D eigenvalue weighted by Crippen LogP contribution is 2.48. The smallest absolute Gasteiger partial charge is 0.254 e. The van der Waals surface area contributed by atoms with Crippen LogP contribution in [0.25, 0.3) is 0 Å². The number of hydrogen-bond acceptors (Lipinski definition) is 4. The molecule has 0 aromatic carbocycles. The number of nitrogens with zero attached hydrogens (tertiary/aromatic N) is 1. The molecule has 1 aliphatic carbocycles. The summed E-state index contributed by atoms with van der Waals surface area (Å²) in [5.41, 5.74) is 0.344. The summed E-state index contributed by atoms with van der Waals surface area (Å²) in [7, 11) is 0. The van der Waals surface area contributed by atoms with E-state index in [1.807, 2.05) is 0 Å². The second-order valence-electron chi connectivity index (χ2n) is 5.11. The monoisotopic (exact) mass is 251 g/mol. The lowest BCUT2D eigenvalue weighted by Crippen LogP contribution is -2.65. The summed E-state index contributed by atoms with van der Waals surface area (Å²) in [5.74, 6) is -0.133. The minimum atomic E-state index is -0.323. The Morgan fingerprint density at radius 2 is 2.33 bits per heavy atom. The fraction of sp³-hybridized carbons (Fsp3) is 0.667. The summed E-state index contributed by atoms with van der Waals surface area (Å²) in [6, 6.07) is 0.0406. The minimum absolute atomic E-state index is 0.0406. The number of H-pyrrole nitrogens is 1. The molecule has 1 saturated carbocycles. The van der Waals surface area contributed by atoms with Crippen molar-refractivity contribution in [2.45, 2.75) is 31.4 Å². The number of carbonyl (C=O) groups is 1. The number of aromatic nitrogens is 2. The van der Waals surface area contributed by atoms with E-state index in [1.54, 1.807) is 6.20 Å². The lowest BCUT2D eigenvalue weighted by atomic mass is 9.58. The van der Waals surface area contributed by atoms with Crippen LogP contribution in [0.2, 0.25) is 0 Å². The predicted octanol–water partition coefficient (Wildman–Crippen LogP) is 0.0695. The average molecular weight is 251 g/mol. The molecular formula is C12H17N3O3. The Bertz CT molecular complexity index is 426. The number of carbonyl (C=O) groups excluding carboxylic acids is 1. The first kappa shape index (κ1) is 11.7. The van der Waals surface area contributed by atoms with Gasteiger partial charge in [0.05, 0.1) is 17.9 Å². The highest BCUT2D eigenvalue weighted by Gasteiger charge is 2.55. The third-order valence-electron chi connectivity index (χ3n) is 4.31. The van der Waals surface area contributed by atoms with Gasteiger partial charge in [0.2, 0.25) is 0 Å². The quantitative estimate of drug-likeness (QED) is 0.694. The van der Waals surface area contributed by atoms with Gasteiger partial charge >= 0.3 is 0 Å². The molecule has 1 spiro atoms. The average Bonchev–Trinajstić information content (AvgIpc) is 2.93. The first-order chi connectivity index (χ1) is 8.72. The van der Waals surface area contributed by atoms with Crippen LogP contribution >= 0.6 is 0 Å². The van der Waals surface area contributed by atoms with E-state index in [1.165, 1.54) is 6.20 Å². The molecular weight excluding hydrogens is 234 g/mol. The van der Waals surface area contributed by atoms with Crippen LogP contribution in [0.3, 0.4) is 0 Å². The van der Waals surface area contributed by atoms with Gasteiger partial charge in [-0.25, -0.2) is 0 Å². The summed E-state index contributed by atoms with van der Waals surface area (Å²) >= 11 is 0. The van der Waals surface area contributed by atoms with E-state index in [0.29, 0.717) is 25.2 Å². The summed E-state index contributed by atoms with van der Waals surface area (Å²) in [6.45, 7) is 1.32. The molecule has 2 atom stereocenters. The second-order valence-corrected chi connectivity index (χ2v) is 5.11. The molecule has 1 aliphatic heterocycles. The predicted molar refractivity (Wildman–Crippen MR) is 63.0 cm³/mol. The maximum atomic E-state index is 12.0. The summed E-state index contributed by atoms with van der Waals surface area (Å²) in [6.07, 6.45) is 5.00. The van der Waals surface area contributed by atoms with Gasteiger partial charge in [0.25, 0.3) is 5.91 Å². The number of aromatic amines is 1. The molecule has 2 aliphatic rings. The fourth-order valence-corrected chi connectivity index (χ4v) is 3.02. The molecule has 3 rings (SSSR count). The van der Waals surface area contributed by atoms with Gasteiger partial charge in [0, 0.05) is 30.9 Å². The van der Waals surface area contributed by atoms with Crippen molar-refractivity contribution in [3.8, 4) is 0 Å². The van der Waals surface area contributed by atoms with Crippen LogP contribution in [0.5, 0.6) is 0 Å². The van der Waals surface area contributed by atoms with Crippen molar-refractivity contribution in [3.63, 3.8) is 0 Å². The highest BCUT2D eigenvalue weighted by molar-refractivity contribution is 5.93. The van der Waals surface area contributed by atoms with E-state index in [4.69, 9.17) is 4.74 Å². The van der Waals surface area contributed by atoms with E-state index >= 15 is 0 Å². The van der Waals surface area contributed by atoms with Crippen molar-refractivity contribution >= 4 is 5.91 Å². The molecule has 1 amide bonds. The first-order valence-electron chi connectivity index (χ1n) is 6.28. The van der Waals surface area contributed by atoms with Crippen molar-refractivity contribution < 1.29 is 14.6 Å². The van der Waals surface area contributed by atoms with E-state index in [-0.39, 0.29) is 23.5 Å². The van der Waals surface area contributed by atoms with Crippen LogP contribution in [-0.4, -0.2) is 46.6 Å². The Kier molecular flexibility index (Phi) is 2.83. The molecule has 1 aromatic heterocycles. The maximum absolute atomic E-state index is 12.0. The fourth-order valence-electron chi connectivity index (χ4n) is 3.02. The van der Waals surface area contributed by atoms with Gasteiger partial charge in [-0.2, -0.15) is 5.10 Å². The Morgan fingerprint density at radius 3 is 2.94 bits per heavy atom. The van der Waals surface area contributed by atoms with Crippen LogP contribution in [0, 0.1) is 5.41 Å². The number of aliphatic hydroxyl groups excluding tert-OH is 1. The van der Waals surface area contributed by atoms with Gasteiger partial charge in [-0.15, -0.1) is 0 Å². The third-order valence-corrected chi connectivity index (χ3v) is 4.31. The second kappa shape index (κ2) is 4.37. The van der Waals surface area contributed by atoms with Crippen molar-refractivity contribution in [3.05, 3.63) is 18.0 Å². The Balaban J connectivity index is 1.68. The van der Waals surface area contributed by atoms with Crippen LogP contribution in [0.1, 0.15) is 29.6 Å². The topological polar surface area (TPSA) is 87.2 Å². The van der Waals surface area contributed by atoms with Crippen LogP contribution in [0.4, 0.5) is 0 Å². The lowest BCUT2D eigenvalue weighted by molar-refractivity contribution is -0.145. The van der Waals surface area contributed by atoms with E-state index in [9.17, 15) is 9.90 Å². The number of amides is 1. The largest absolute Gasteiger partial charge is 0.392 e. The molecule has 6 nitrogen and oxygen atoms in total. The molecule has 18 heavy (non-hydrogen) atoms. The zero-order chi connectivity index (χ0) is 12.6.